The molecule has 0 amide bonds. The van der Waals surface area contributed by atoms with Crippen molar-refractivity contribution in [3.63, 3.8) is 0 Å². The Kier molecular flexibility index (Phi) is 6.12. The summed E-state index contributed by atoms with van der Waals surface area (Å²) in [5, 5.41) is 9.08. The third-order valence-electron chi connectivity index (χ3n) is 3.24. The number of likely N-dealkylation sites (N-methyl/N-ethyl adjacent to an activating group) is 1. The van der Waals surface area contributed by atoms with Crippen molar-refractivity contribution < 1.29 is 9.84 Å². The van der Waals surface area contributed by atoms with Gasteiger partial charge in [0.25, 0.3) is 0 Å². The Morgan fingerprint density at radius 3 is 2.72 bits per heavy atom. The number of benzene rings is 1. The van der Waals surface area contributed by atoms with E-state index < -0.39 is 0 Å². The van der Waals surface area contributed by atoms with E-state index in [9.17, 15) is 0 Å². The Hall–Kier alpha value is -1.10. The number of nitrogens with two attached hydrogens (primary N) is 1. The van der Waals surface area contributed by atoms with Crippen molar-refractivity contribution in [3.8, 4) is 5.75 Å². The van der Waals surface area contributed by atoms with Gasteiger partial charge in [-0.05, 0) is 31.2 Å². The lowest BCUT2D eigenvalue weighted by Gasteiger charge is -2.32. The first-order chi connectivity index (χ1) is 8.63. The molecule has 3 N–H and O–H groups in total. The van der Waals surface area contributed by atoms with Crippen LogP contribution in [0.4, 0.5) is 0 Å². The minimum atomic E-state index is 0.0358. The van der Waals surface area contributed by atoms with Crippen LogP contribution < -0.4 is 10.5 Å². The highest BCUT2D eigenvalue weighted by molar-refractivity contribution is 5.31. The van der Waals surface area contributed by atoms with Gasteiger partial charge in [-0.25, -0.2) is 0 Å². The van der Waals surface area contributed by atoms with Gasteiger partial charge in [0.15, 0.2) is 0 Å². The average molecular weight is 252 g/mol. The molecule has 0 heterocycles. The van der Waals surface area contributed by atoms with Gasteiger partial charge >= 0.3 is 0 Å². The van der Waals surface area contributed by atoms with Crippen LogP contribution in [0.5, 0.6) is 5.75 Å². The fourth-order valence-corrected chi connectivity index (χ4v) is 2.17. The monoisotopic (exact) mass is 252 g/mol. The number of rotatable bonds is 7. The van der Waals surface area contributed by atoms with E-state index in [1.54, 1.807) is 7.11 Å². The van der Waals surface area contributed by atoms with Crippen LogP contribution in [0, 0.1) is 0 Å². The Balaban J connectivity index is 3.00. The summed E-state index contributed by atoms with van der Waals surface area (Å²) in [6, 6.07) is 8.08. The van der Waals surface area contributed by atoms with Gasteiger partial charge in [-0.3, -0.25) is 4.90 Å². The maximum Gasteiger partial charge on any atom is 0.119 e. The van der Waals surface area contributed by atoms with Gasteiger partial charge in [0, 0.05) is 18.6 Å². The summed E-state index contributed by atoms with van der Waals surface area (Å²) >= 11 is 0. The second-order valence-electron chi connectivity index (χ2n) is 4.50. The second-order valence-corrected chi connectivity index (χ2v) is 4.50. The van der Waals surface area contributed by atoms with E-state index in [4.69, 9.17) is 15.6 Å². The lowest BCUT2D eigenvalue weighted by molar-refractivity contribution is 0.161. The third kappa shape index (κ3) is 3.70. The zero-order valence-corrected chi connectivity index (χ0v) is 11.5. The van der Waals surface area contributed by atoms with Gasteiger partial charge < -0.3 is 15.6 Å². The number of ether oxygens (including phenoxy) is 1. The molecule has 1 aromatic carbocycles. The maximum absolute atomic E-state index is 9.08. The molecular weight excluding hydrogens is 228 g/mol. The first kappa shape index (κ1) is 15.0. The molecule has 102 valence electrons. The molecule has 0 saturated carbocycles. The number of nitrogens with zero attached hydrogens (tertiary/aromatic N) is 1. The molecule has 0 spiro atoms. The molecular formula is C14H24N2O2. The van der Waals surface area contributed by atoms with Crippen molar-refractivity contribution in [3.05, 3.63) is 29.8 Å². The van der Waals surface area contributed by atoms with Crippen LogP contribution in [0.15, 0.2) is 24.3 Å². The van der Waals surface area contributed by atoms with E-state index in [0.717, 1.165) is 17.7 Å². The van der Waals surface area contributed by atoms with Gasteiger partial charge in [-0.1, -0.05) is 19.1 Å². The highest BCUT2D eigenvalue weighted by Crippen LogP contribution is 2.26. The first-order valence-electron chi connectivity index (χ1n) is 6.34. The Morgan fingerprint density at radius 1 is 1.44 bits per heavy atom. The Labute approximate surface area is 109 Å². The molecule has 0 saturated heterocycles. The number of methoxy groups -OCH3 is 1. The van der Waals surface area contributed by atoms with Crippen molar-refractivity contribution >= 4 is 0 Å². The van der Waals surface area contributed by atoms with Gasteiger partial charge in [0.1, 0.15) is 5.75 Å². The zero-order chi connectivity index (χ0) is 13.5. The predicted octanol–water partition coefficient (Wildman–Crippen LogP) is 1.40. The molecule has 0 aromatic heterocycles. The molecule has 2 unspecified atom stereocenters. The SMILES string of the molecule is CCC(N)C(c1cccc(OC)c1)N(C)CCO. The van der Waals surface area contributed by atoms with Crippen LogP contribution in [0.1, 0.15) is 24.9 Å². The minimum absolute atomic E-state index is 0.0358. The van der Waals surface area contributed by atoms with Crippen LogP contribution in [-0.2, 0) is 0 Å². The fraction of sp³-hybridized carbons (Fsp3) is 0.571. The van der Waals surface area contributed by atoms with Gasteiger partial charge in [0.2, 0.25) is 0 Å². The molecule has 2 atom stereocenters. The van der Waals surface area contributed by atoms with Crippen molar-refractivity contribution in [1.82, 2.24) is 4.90 Å². The fourth-order valence-electron chi connectivity index (χ4n) is 2.17. The maximum atomic E-state index is 9.08. The zero-order valence-electron chi connectivity index (χ0n) is 11.5. The van der Waals surface area contributed by atoms with Crippen LogP contribution in [0.3, 0.4) is 0 Å². The highest BCUT2D eigenvalue weighted by atomic mass is 16.5. The van der Waals surface area contributed by atoms with Crippen molar-refractivity contribution in [2.24, 2.45) is 5.73 Å². The van der Waals surface area contributed by atoms with Crippen LogP contribution in [0.25, 0.3) is 0 Å². The van der Waals surface area contributed by atoms with E-state index in [1.807, 2.05) is 25.2 Å². The summed E-state index contributed by atoms with van der Waals surface area (Å²) in [4.78, 5) is 2.09. The van der Waals surface area contributed by atoms with Crippen molar-refractivity contribution in [2.45, 2.75) is 25.4 Å². The Morgan fingerprint density at radius 2 is 2.17 bits per heavy atom. The molecule has 0 aliphatic rings. The largest absolute Gasteiger partial charge is 0.497 e. The topological polar surface area (TPSA) is 58.7 Å². The molecule has 4 nitrogen and oxygen atoms in total. The first-order valence-corrected chi connectivity index (χ1v) is 6.34. The molecule has 18 heavy (non-hydrogen) atoms. The van der Waals surface area contributed by atoms with E-state index in [2.05, 4.69) is 17.9 Å². The quantitative estimate of drug-likeness (QED) is 0.770. The summed E-state index contributed by atoms with van der Waals surface area (Å²) in [5.74, 6) is 0.832. The number of hydrogen-bond acceptors (Lipinski definition) is 4. The van der Waals surface area contributed by atoms with Gasteiger partial charge in [-0.2, -0.15) is 0 Å². The van der Waals surface area contributed by atoms with E-state index in [1.165, 1.54) is 0 Å². The summed E-state index contributed by atoms with van der Waals surface area (Å²) in [7, 11) is 3.64. The van der Waals surface area contributed by atoms with E-state index in [0.29, 0.717) is 6.54 Å². The molecule has 0 bridgehead atoms. The summed E-state index contributed by atoms with van der Waals surface area (Å²) < 4.78 is 5.25. The van der Waals surface area contributed by atoms with Gasteiger partial charge in [-0.15, -0.1) is 0 Å². The molecule has 4 heteroatoms. The average Bonchev–Trinajstić information content (AvgIpc) is 2.39. The molecule has 0 fully saturated rings. The molecule has 0 aliphatic carbocycles. The molecule has 0 radical (unpaired) electrons. The number of hydrogen-bond donors (Lipinski definition) is 2. The standard InChI is InChI=1S/C14H24N2O2/c1-4-13(15)14(16(2)8-9-17)11-6-5-7-12(10-11)18-3/h5-7,10,13-14,17H,4,8-9,15H2,1-3H3. The van der Waals surface area contributed by atoms with Gasteiger partial charge in [0.05, 0.1) is 13.7 Å². The molecule has 1 rings (SSSR count). The lowest BCUT2D eigenvalue weighted by Crippen LogP contribution is -2.40. The van der Waals surface area contributed by atoms with Crippen molar-refractivity contribution in [1.29, 1.82) is 0 Å². The van der Waals surface area contributed by atoms with Crippen molar-refractivity contribution in [2.75, 3.05) is 27.3 Å². The van der Waals surface area contributed by atoms with E-state index >= 15 is 0 Å². The number of aliphatic hydroxyl groups excluding tert-OH is 1. The predicted molar refractivity (Wildman–Crippen MR) is 73.7 cm³/mol. The highest BCUT2D eigenvalue weighted by Gasteiger charge is 2.23. The summed E-state index contributed by atoms with van der Waals surface area (Å²) in [6.45, 7) is 2.81. The molecule has 1 aromatic rings. The van der Waals surface area contributed by atoms with Crippen LogP contribution in [-0.4, -0.2) is 43.4 Å². The summed E-state index contributed by atoms with van der Waals surface area (Å²) in [6.07, 6.45) is 0.887. The second kappa shape index (κ2) is 7.36. The van der Waals surface area contributed by atoms with Crippen LogP contribution >= 0.6 is 0 Å². The van der Waals surface area contributed by atoms with Crippen LogP contribution in [0.2, 0.25) is 0 Å². The summed E-state index contributed by atoms with van der Waals surface area (Å²) in [5.41, 5.74) is 7.33. The van der Waals surface area contributed by atoms with E-state index in [-0.39, 0.29) is 18.7 Å². The molecule has 0 aliphatic heterocycles. The smallest absolute Gasteiger partial charge is 0.119 e. The normalized spacial score (nSPS) is 14.6. The minimum Gasteiger partial charge on any atom is -0.497 e. The number of aliphatic hydroxyl groups is 1. The lowest BCUT2D eigenvalue weighted by atomic mass is 9.96. The third-order valence-corrected chi connectivity index (χ3v) is 3.24. The Bertz CT molecular complexity index is 357.